The van der Waals surface area contributed by atoms with Crippen LogP contribution in [0.1, 0.15) is 16.9 Å². The van der Waals surface area contributed by atoms with Crippen molar-refractivity contribution < 1.29 is 14.7 Å². The van der Waals surface area contributed by atoms with Crippen molar-refractivity contribution in [3.8, 4) is 0 Å². The summed E-state index contributed by atoms with van der Waals surface area (Å²) in [6.45, 7) is 0.141. The van der Waals surface area contributed by atoms with E-state index >= 15 is 0 Å². The summed E-state index contributed by atoms with van der Waals surface area (Å²) in [5.41, 5.74) is 0.209. The predicted octanol–water partition coefficient (Wildman–Crippen LogP) is 1.28. The van der Waals surface area contributed by atoms with Crippen LogP contribution in [0.5, 0.6) is 0 Å². The molecule has 0 aliphatic heterocycles. The average molecular weight is 243 g/mol. The molecule has 0 unspecified atom stereocenters. The van der Waals surface area contributed by atoms with Crippen LogP contribution in [0.25, 0.3) is 0 Å². The Morgan fingerprint density at radius 3 is 2.75 bits per heavy atom. The number of carbonyl (C=O) groups excluding carboxylic acids is 1. The number of carboxylic acid groups (broad SMARTS) is 1. The Balaban J connectivity index is 2.67. The van der Waals surface area contributed by atoms with Crippen molar-refractivity contribution in [1.29, 1.82) is 0 Å². The van der Waals surface area contributed by atoms with Gasteiger partial charge in [0.05, 0.1) is 6.42 Å². The fourth-order valence-electron chi connectivity index (χ4n) is 1.09. The Morgan fingerprint density at radius 2 is 2.19 bits per heavy atom. The summed E-state index contributed by atoms with van der Waals surface area (Å²) in [6.07, 6.45) is -0.0944. The van der Waals surface area contributed by atoms with E-state index in [2.05, 4.69) is 4.98 Å². The molecule has 0 saturated carbocycles. The largest absolute Gasteiger partial charge is 0.481 e. The van der Waals surface area contributed by atoms with E-state index < -0.39 is 5.97 Å². The molecule has 0 aromatic carbocycles. The monoisotopic (exact) mass is 242 g/mol. The molecule has 0 aliphatic carbocycles. The molecule has 86 valence electrons. The zero-order valence-corrected chi connectivity index (χ0v) is 9.44. The molecule has 5 nitrogen and oxygen atoms in total. The summed E-state index contributed by atoms with van der Waals surface area (Å²) in [6, 6.07) is 4.72. The van der Waals surface area contributed by atoms with Crippen LogP contribution in [0.4, 0.5) is 0 Å². The molecule has 0 radical (unpaired) electrons. The van der Waals surface area contributed by atoms with Gasteiger partial charge in [0.15, 0.2) is 0 Å². The molecule has 1 aromatic rings. The second kappa shape index (κ2) is 5.46. The second-order valence-electron chi connectivity index (χ2n) is 3.22. The van der Waals surface area contributed by atoms with Crippen LogP contribution in [0.15, 0.2) is 18.2 Å². The van der Waals surface area contributed by atoms with Crippen LogP contribution < -0.4 is 0 Å². The van der Waals surface area contributed by atoms with Crippen molar-refractivity contribution in [2.45, 2.75) is 6.42 Å². The Kier molecular flexibility index (Phi) is 4.25. The minimum absolute atomic E-state index is 0.0944. The topological polar surface area (TPSA) is 70.5 Å². The van der Waals surface area contributed by atoms with Crippen molar-refractivity contribution in [2.75, 3.05) is 13.6 Å². The van der Waals surface area contributed by atoms with Gasteiger partial charge in [0.1, 0.15) is 10.8 Å². The Labute approximate surface area is 97.7 Å². The quantitative estimate of drug-likeness (QED) is 0.808. The first-order chi connectivity index (χ1) is 7.50. The lowest BCUT2D eigenvalue weighted by Gasteiger charge is -2.15. The average Bonchev–Trinajstić information content (AvgIpc) is 2.24. The number of aromatic nitrogens is 1. The van der Waals surface area contributed by atoms with Crippen molar-refractivity contribution in [2.24, 2.45) is 0 Å². The molecule has 1 aromatic heterocycles. The van der Waals surface area contributed by atoms with E-state index in [1.165, 1.54) is 18.0 Å². The molecule has 1 N–H and O–H groups in total. The van der Waals surface area contributed by atoms with Gasteiger partial charge in [-0.15, -0.1) is 0 Å². The standard InChI is InChI=1S/C10H11ClN2O3/c1-13(6-5-9(14)15)10(16)7-3-2-4-8(11)12-7/h2-4H,5-6H2,1H3,(H,14,15). The predicted molar refractivity (Wildman–Crippen MR) is 58.5 cm³/mol. The van der Waals surface area contributed by atoms with Gasteiger partial charge in [-0.3, -0.25) is 9.59 Å². The molecule has 1 heterocycles. The third-order valence-electron chi connectivity index (χ3n) is 1.94. The molecule has 0 bridgehead atoms. The molecular weight excluding hydrogens is 232 g/mol. The number of nitrogens with zero attached hydrogens (tertiary/aromatic N) is 2. The van der Waals surface area contributed by atoms with Gasteiger partial charge in [0, 0.05) is 13.6 Å². The zero-order valence-electron chi connectivity index (χ0n) is 8.68. The number of hydrogen-bond donors (Lipinski definition) is 1. The smallest absolute Gasteiger partial charge is 0.305 e. The van der Waals surface area contributed by atoms with E-state index in [0.717, 1.165) is 0 Å². The van der Waals surface area contributed by atoms with E-state index in [1.807, 2.05) is 0 Å². The SMILES string of the molecule is CN(CCC(=O)O)C(=O)c1cccc(Cl)n1. The number of aliphatic carboxylic acids is 1. The van der Waals surface area contributed by atoms with E-state index in [1.54, 1.807) is 12.1 Å². The zero-order chi connectivity index (χ0) is 12.1. The van der Waals surface area contributed by atoms with Crippen LogP contribution in [-0.4, -0.2) is 40.5 Å². The fourth-order valence-corrected chi connectivity index (χ4v) is 1.25. The Bertz CT molecular complexity index is 409. The summed E-state index contributed by atoms with van der Waals surface area (Å²) in [5.74, 6) is -1.29. The van der Waals surface area contributed by atoms with Crippen molar-refractivity contribution in [3.05, 3.63) is 29.0 Å². The summed E-state index contributed by atoms with van der Waals surface area (Å²) in [4.78, 5) is 27.2. The molecule has 1 rings (SSSR count). The first-order valence-corrected chi connectivity index (χ1v) is 4.98. The van der Waals surface area contributed by atoms with E-state index in [9.17, 15) is 9.59 Å². The number of rotatable bonds is 4. The summed E-state index contributed by atoms with van der Waals surface area (Å²) >= 11 is 5.65. The Morgan fingerprint density at radius 1 is 1.50 bits per heavy atom. The lowest BCUT2D eigenvalue weighted by atomic mass is 10.3. The van der Waals surface area contributed by atoms with Gasteiger partial charge in [0.25, 0.3) is 5.91 Å². The van der Waals surface area contributed by atoms with E-state index in [-0.39, 0.29) is 29.7 Å². The summed E-state index contributed by atoms with van der Waals surface area (Å²) < 4.78 is 0. The number of hydrogen-bond acceptors (Lipinski definition) is 3. The van der Waals surface area contributed by atoms with Crippen molar-refractivity contribution >= 4 is 23.5 Å². The molecular formula is C10H11ClN2O3. The minimum atomic E-state index is -0.946. The van der Waals surface area contributed by atoms with E-state index in [4.69, 9.17) is 16.7 Å². The van der Waals surface area contributed by atoms with Crippen LogP contribution in [0.3, 0.4) is 0 Å². The van der Waals surface area contributed by atoms with Gasteiger partial charge in [0.2, 0.25) is 0 Å². The molecule has 0 spiro atoms. The number of carboxylic acids is 1. The van der Waals surface area contributed by atoms with Crippen molar-refractivity contribution in [1.82, 2.24) is 9.88 Å². The number of halogens is 1. The first kappa shape index (κ1) is 12.4. The lowest BCUT2D eigenvalue weighted by molar-refractivity contribution is -0.137. The second-order valence-corrected chi connectivity index (χ2v) is 3.60. The van der Waals surface area contributed by atoms with Gasteiger partial charge in [-0.1, -0.05) is 17.7 Å². The normalized spacial score (nSPS) is 9.88. The van der Waals surface area contributed by atoms with Gasteiger partial charge in [-0.2, -0.15) is 0 Å². The molecule has 1 amide bonds. The molecule has 0 fully saturated rings. The molecule has 0 saturated heterocycles. The molecule has 0 atom stereocenters. The molecule has 0 aliphatic rings. The van der Waals surface area contributed by atoms with Crippen LogP contribution in [0, 0.1) is 0 Å². The van der Waals surface area contributed by atoms with Gasteiger partial charge >= 0.3 is 5.97 Å². The maximum atomic E-state index is 11.7. The Hall–Kier alpha value is -1.62. The molecule has 16 heavy (non-hydrogen) atoms. The third kappa shape index (κ3) is 3.51. The summed E-state index contributed by atoms with van der Waals surface area (Å²) in [7, 11) is 1.52. The fraction of sp³-hybridized carbons (Fsp3) is 0.300. The van der Waals surface area contributed by atoms with Crippen LogP contribution in [-0.2, 0) is 4.79 Å². The van der Waals surface area contributed by atoms with E-state index in [0.29, 0.717) is 0 Å². The van der Waals surface area contributed by atoms with Crippen molar-refractivity contribution in [3.63, 3.8) is 0 Å². The number of amides is 1. The van der Waals surface area contributed by atoms with Gasteiger partial charge < -0.3 is 10.0 Å². The first-order valence-electron chi connectivity index (χ1n) is 4.60. The molecule has 6 heteroatoms. The van der Waals surface area contributed by atoms with Gasteiger partial charge in [-0.25, -0.2) is 4.98 Å². The highest BCUT2D eigenvalue weighted by molar-refractivity contribution is 6.29. The highest BCUT2D eigenvalue weighted by atomic mass is 35.5. The summed E-state index contributed by atoms with van der Waals surface area (Å²) in [5, 5.41) is 8.72. The minimum Gasteiger partial charge on any atom is -0.481 e. The highest BCUT2D eigenvalue weighted by Crippen LogP contribution is 2.07. The van der Waals surface area contributed by atoms with Gasteiger partial charge in [-0.05, 0) is 12.1 Å². The van der Waals surface area contributed by atoms with Crippen LogP contribution in [0.2, 0.25) is 5.15 Å². The lowest BCUT2D eigenvalue weighted by Crippen LogP contribution is -2.29. The maximum Gasteiger partial charge on any atom is 0.305 e. The third-order valence-corrected chi connectivity index (χ3v) is 2.15. The highest BCUT2D eigenvalue weighted by Gasteiger charge is 2.13. The number of pyridine rings is 1. The van der Waals surface area contributed by atoms with Crippen LogP contribution >= 0.6 is 11.6 Å². The maximum absolute atomic E-state index is 11.7. The number of carbonyl (C=O) groups is 2.